The second kappa shape index (κ2) is 44.3. The third-order valence-corrected chi connectivity index (χ3v) is 15.0. The number of carbonyl (C=O) groups is 5. The van der Waals surface area contributed by atoms with Crippen LogP contribution in [0, 0.1) is 0 Å². The number of benzene rings is 1. The molecular formula is C46H64N4O6S11. The first kappa shape index (κ1) is 63.4. The van der Waals surface area contributed by atoms with Crippen molar-refractivity contribution in [1.29, 1.82) is 0 Å². The molecule has 67 heavy (non-hydrogen) atoms. The van der Waals surface area contributed by atoms with Crippen LogP contribution in [0.5, 0.6) is 0 Å². The molecule has 0 saturated heterocycles. The quantitative estimate of drug-likeness (QED) is 0.0158. The van der Waals surface area contributed by atoms with Crippen LogP contribution in [0.2, 0.25) is 0 Å². The van der Waals surface area contributed by atoms with Gasteiger partial charge in [0, 0.05) is 85.1 Å². The van der Waals surface area contributed by atoms with E-state index in [2.05, 4.69) is 78.3 Å². The third-order valence-electron chi connectivity index (χ3n) is 7.93. The summed E-state index contributed by atoms with van der Waals surface area (Å²) < 4.78 is 4.87. The van der Waals surface area contributed by atoms with Gasteiger partial charge >= 0.3 is 0 Å². The number of anilines is 1. The summed E-state index contributed by atoms with van der Waals surface area (Å²) in [6, 6.07) is 13.2. The lowest BCUT2D eigenvalue weighted by atomic mass is 10.1. The van der Waals surface area contributed by atoms with Crippen LogP contribution < -0.4 is 5.73 Å². The molecule has 4 N–H and O–H groups in total. The van der Waals surface area contributed by atoms with Gasteiger partial charge in [0.1, 0.15) is 0 Å². The standard InChI is InChI=1S/C11H15NOS2.C9H13NOS2.C9H12O2S2.C9H12OS3.C8H12N2OS2/c12-10-4-2-9(3-5-10)8-11(13)15-7-1-6-14;11-9(13-5-1-4-12)6-8-2-3-10-7-8;10-9(13-5-1-4-12)6-8-2-3-11-7-8;10-9(13-4-1-3-11)6-8-2-5-12-7-8;11-8(13-3-1-2-12)4-7-5-9-10-6-7/h2-5,14H,1,6-8,12H2;2-3,7,10,12H,1,4-6H2;2-3,7,12H,1,4-6H2;2,5,7,11H,1,3-4,6H2;5-6,12H,1-4H2,(H,9,10). The molecule has 0 radical (unpaired) electrons. The first-order valence-corrected chi connectivity index (χ1v) is 30.3. The highest BCUT2D eigenvalue weighted by molar-refractivity contribution is 8.14. The van der Waals surface area contributed by atoms with Gasteiger partial charge in [-0.25, -0.2) is 0 Å². The van der Waals surface area contributed by atoms with E-state index in [9.17, 15) is 24.0 Å². The predicted octanol–water partition coefficient (Wildman–Crippen LogP) is 11.3. The number of carbonyl (C=O) groups excluding carboxylic acids is 5. The summed E-state index contributed by atoms with van der Waals surface area (Å²) >= 11 is 29.0. The summed E-state index contributed by atoms with van der Waals surface area (Å²) in [4.78, 5) is 59.6. The van der Waals surface area contributed by atoms with E-state index in [1.807, 2.05) is 65.6 Å². The Hall–Kier alpha value is -1.66. The normalized spacial score (nSPS) is 10.2. The molecule has 0 aliphatic carbocycles. The third kappa shape index (κ3) is 37.8. The molecule has 0 saturated carbocycles. The van der Waals surface area contributed by atoms with Crippen LogP contribution in [0.15, 0.2) is 95.0 Å². The second-order valence-corrected chi connectivity index (χ2v) is 22.5. The number of nitrogen functional groups attached to an aromatic ring is 1. The van der Waals surface area contributed by atoms with E-state index in [0.29, 0.717) is 32.1 Å². The predicted molar refractivity (Wildman–Crippen MR) is 311 cm³/mol. The van der Waals surface area contributed by atoms with Gasteiger partial charge in [0.2, 0.25) is 0 Å². The van der Waals surface area contributed by atoms with Crippen LogP contribution in [0.3, 0.4) is 0 Å². The molecule has 370 valence electrons. The molecule has 0 fully saturated rings. The van der Waals surface area contributed by atoms with Gasteiger partial charge in [-0.15, -0.1) is 0 Å². The van der Waals surface area contributed by atoms with Gasteiger partial charge < -0.3 is 15.1 Å². The first-order chi connectivity index (χ1) is 32.5. The fourth-order valence-electron chi connectivity index (χ4n) is 4.61. The summed E-state index contributed by atoms with van der Waals surface area (Å²) in [5.74, 6) is 8.58. The number of rotatable bonds is 25. The summed E-state index contributed by atoms with van der Waals surface area (Å²) in [5.41, 5.74) is 11.4. The highest BCUT2D eigenvalue weighted by Crippen LogP contribution is 2.15. The van der Waals surface area contributed by atoms with E-state index in [4.69, 9.17) is 10.2 Å². The molecule has 0 aliphatic rings. The minimum atomic E-state index is 0.197. The van der Waals surface area contributed by atoms with Gasteiger partial charge in [0.25, 0.3) is 0 Å². The van der Waals surface area contributed by atoms with E-state index >= 15 is 0 Å². The van der Waals surface area contributed by atoms with Crippen LogP contribution >= 0.6 is 133 Å². The van der Waals surface area contributed by atoms with Gasteiger partial charge in [-0.1, -0.05) is 70.9 Å². The van der Waals surface area contributed by atoms with Crippen molar-refractivity contribution in [3.05, 3.63) is 118 Å². The summed E-state index contributed by atoms with van der Waals surface area (Å²) in [6.07, 6.45) is 17.7. The Labute approximate surface area is 449 Å². The maximum absolute atomic E-state index is 11.5. The van der Waals surface area contributed by atoms with Crippen LogP contribution in [0.4, 0.5) is 5.69 Å². The van der Waals surface area contributed by atoms with E-state index in [1.165, 1.54) is 58.8 Å². The minimum absolute atomic E-state index is 0.197. The Morgan fingerprint density at radius 2 is 0.985 bits per heavy atom. The Kier molecular flexibility index (Phi) is 41.9. The number of furan rings is 1. The van der Waals surface area contributed by atoms with Crippen molar-refractivity contribution in [2.45, 2.75) is 64.2 Å². The molecule has 4 aromatic heterocycles. The van der Waals surface area contributed by atoms with Crippen LogP contribution in [-0.2, 0) is 56.1 Å². The number of hydrogen-bond acceptors (Lipinski definition) is 19. The molecule has 0 bridgehead atoms. The molecule has 0 atom stereocenters. The summed E-state index contributed by atoms with van der Waals surface area (Å²) in [6.45, 7) is 0. The van der Waals surface area contributed by atoms with Crippen molar-refractivity contribution >= 4 is 165 Å². The number of thioether (sulfide) groups is 5. The Morgan fingerprint density at radius 1 is 0.537 bits per heavy atom. The summed E-state index contributed by atoms with van der Waals surface area (Å²) in [7, 11) is 0. The fraction of sp³-hybridized carbons (Fsp3) is 0.435. The molecule has 0 unspecified atom stereocenters. The van der Waals surface area contributed by atoms with Crippen molar-refractivity contribution < 1.29 is 28.4 Å². The minimum Gasteiger partial charge on any atom is -0.472 e. The SMILES string of the molecule is Nc1ccc(CC(=O)SCCCS)cc1.O=C(Cc1cc[nH]c1)SCCCS.O=C(Cc1ccoc1)SCCCS.O=C(Cc1ccsc1)SCCCS.O=C(Cc1cn[nH]c1)SCCCS. The smallest absolute Gasteiger partial charge is 0.193 e. The maximum Gasteiger partial charge on any atom is 0.193 e. The van der Waals surface area contributed by atoms with E-state index < -0.39 is 0 Å². The maximum atomic E-state index is 11.5. The van der Waals surface area contributed by atoms with Gasteiger partial charge in [-0.3, -0.25) is 29.1 Å². The Morgan fingerprint density at radius 3 is 1.36 bits per heavy atom. The van der Waals surface area contributed by atoms with Gasteiger partial charge in [0.15, 0.2) is 25.6 Å². The first-order valence-electron chi connectivity index (χ1n) is 21.3. The molecule has 10 nitrogen and oxygen atoms in total. The molecule has 0 spiro atoms. The lowest BCUT2D eigenvalue weighted by Crippen LogP contribution is -1.99. The Balaban J connectivity index is 0.000000419. The second-order valence-electron chi connectivity index (χ2n) is 13.7. The monoisotopic (exact) mass is 1120 g/mol. The van der Waals surface area contributed by atoms with Crippen LogP contribution in [0.25, 0.3) is 0 Å². The number of nitrogens with zero attached hydrogens (tertiary/aromatic N) is 1. The zero-order valence-electron chi connectivity index (χ0n) is 37.5. The lowest BCUT2D eigenvalue weighted by molar-refractivity contribution is -0.111. The van der Waals surface area contributed by atoms with Crippen molar-refractivity contribution in [2.24, 2.45) is 0 Å². The van der Waals surface area contributed by atoms with Gasteiger partial charge in [0.05, 0.1) is 18.7 Å². The largest absolute Gasteiger partial charge is 0.472 e. The zero-order chi connectivity index (χ0) is 49.2. The average Bonchev–Trinajstić information content (AvgIpc) is 4.18. The van der Waals surface area contributed by atoms with E-state index in [0.717, 1.165) is 123 Å². The van der Waals surface area contributed by atoms with Crippen molar-refractivity contribution in [1.82, 2.24) is 15.2 Å². The van der Waals surface area contributed by atoms with Crippen molar-refractivity contribution in [2.75, 3.05) is 63.3 Å². The zero-order valence-corrected chi connectivity index (χ0v) is 46.8. The molecule has 0 amide bonds. The molecule has 4 heterocycles. The molecule has 5 rings (SSSR count). The van der Waals surface area contributed by atoms with Crippen LogP contribution in [0.1, 0.15) is 59.9 Å². The molecule has 0 aliphatic heterocycles. The fourth-order valence-corrected chi connectivity index (χ4v) is 11.1. The number of thiol groups is 5. The number of aromatic nitrogens is 3. The highest BCUT2D eigenvalue weighted by atomic mass is 32.2. The van der Waals surface area contributed by atoms with Crippen LogP contribution in [-0.4, -0.2) is 98.3 Å². The van der Waals surface area contributed by atoms with E-state index in [1.54, 1.807) is 36.3 Å². The summed E-state index contributed by atoms with van der Waals surface area (Å²) in [5, 5.41) is 11.6. The molecular weight excluding hydrogens is 1060 g/mol. The van der Waals surface area contributed by atoms with E-state index in [-0.39, 0.29) is 25.6 Å². The number of nitrogens with two attached hydrogens (primary N) is 1. The molecule has 21 heteroatoms. The number of nitrogens with one attached hydrogen (secondary N) is 2. The average molecular weight is 1120 g/mol. The Bertz CT molecular complexity index is 1740. The van der Waals surface area contributed by atoms with Gasteiger partial charge in [-0.2, -0.15) is 79.6 Å². The lowest BCUT2D eigenvalue weighted by Gasteiger charge is -2.01. The molecule has 5 aromatic rings. The number of hydrogen-bond donors (Lipinski definition) is 8. The number of thiophene rings is 1. The van der Waals surface area contributed by atoms with Crippen molar-refractivity contribution in [3.63, 3.8) is 0 Å². The van der Waals surface area contributed by atoms with Crippen molar-refractivity contribution in [3.8, 4) is 0 Å². The molecule has 1 aromatic carbocycles. The number of H-pyrrole nitrogens is 2. The topological polar surface area (TPSA) is 169 Å². The van der Waals surface area contributed by atoms with Gasteiger partial charge in [-0.05, 0) is 130 Å². The number of aromatic amines is 2. The highest BCUT2D eigenvalue weighted by Gasteiger charge is 2.08.